The highest BCUT2D eigenvalue weighted by Crippen LogP contribution is 2.14. The second kappa shape index (κ2) is 6.50. The molecule has 1 unspecified atom stereocenters. The van der Waals surface area contributed by atoms with Crippen molar-refractivity contribution in [3.8, 4) is 0 Å². The maximum atomic E-state index is 10.4. The number of rotatable bonds is 5. The Morgan fingerprint density at radius 1 is 0.947 bits per heavy atom. The molecule has 0 saturated carbocycles. The molecular formula is C17H22NO+. The van der Waals surface area contributed by atoms with Crippen LogP contribution in [0.1, 0.15) is 24.2 Å². The fourth-order valence-electron chi connectivity index (χ4n) is 2.29. The van der Waals surface area contributed by atoms with Crippen molar-refractivity contribution in [1.82, 2.24) is 0 Å². The predicted molar refractivity (Wildman–Crippen MR) is 77.9 cm³/mol. The number of hydrogen-bond donors (Lipinski definition) is 2. The SMILES string of the molecule is C[C@H]([C@H](O)c1ccccc1)[NH+](C)Cc1ccccc1. The molecule has 0 radical (unpaired) electrons. The van der Waals surface area contributed by atoms with Gasteiger partial charge >= 0.3 is 0 Å². The summed E-state index contributed by atoms with van der Waals surface area (Å²) in [5, 5.41) is 10.4. The minimum atomic E-state index is -0.426. The molecule has 0 amide bonds. The summed E-state index contributed by atoms with van der Waals surface area (Å²) in [6, 6.07) is 20.4. The zero-order chi connectivity index (χ0) is 13.7. The van der Waals surface area contributed by atoms with Crippen LogP contribution in [0.3, 0.4) is 0 Å². The Kier molecular flexibility index (Phi) is 4.72. The molecular weight excluding hydrogens is 234 g/mol. The Hall–Kier alpha value is -1.64. The topological polar surface area (TPSA) is 24.7 Å². The summed E-state index contributed by atoms with van der Waals surface area (Å²) in [7, 11) is 2.13. The minimum Gasteiger partial charge on any atom is -0.382 e. The maximum absolute atomic E-state index is 10.4. The monoisotopic (exact) mass is 256 g/mol. The molecule has 2 N–H and O–H groups in total. The van der Waals surface area contributed by atoms with Gasteiger partial charge in [0.1, 0.15) is 18.7 Å². The summed E-state index contributed by atoms with van der Waals surface area (Å²) in [6.45, 7) is 3.02. The van der Waals surface area contributed by atoms with Gasteiger partial charge in [0, 0.05) is 5.56 Å². The Bertz CT molecular complexity index is 483. The second-order valence-corrected chi connectivity index (χ2v) is 5.15. The minimum absolute atomic E-state index is 0.155. The average Bonchev–Trinajstić information content (AvgIpc) is 2.47. The van der Waals surface area contributed by atoms with Crippen LogP contribution < -0.4 is 4.90 Å². The van der Waals surface area contributed by atoms with Gasteiger partial charge in [-0.2, -0.15) is 0 Å². The van der Waals surface area contributed by atoms with Gasteiger partial charge in [0.25, 0.3) is 0 Å². The quantitative estimate of drug-likeness (QED) is 0.838. The van der Waals surface area contributed by atoms with E-state index in [-0.39, 0.29) is 6.04 Å². The summed E-state index contributed by atoms with van der Waals surface area (Å²) < 4.78 is 0. The Morgan fingerprint density at radius 2 is 1.47 bits per heavy atom. The van der Waals surface area contributed by atoms with E-state index in [0.29, 0.717) is 0 Å². The van der Waals surface area contributed by atoms with Crippen molar-refractivity contribution in [3.05, 3.63) is 71.8 Å². The molecule has 0 aliphatic rings. The molecule has 0 saturated heterocycles. The van der Waals surface area contributed by atoms with E-state index in [1.165, 1.54) is 10.5 Å². The van der Waals surface area contributed by atoms with Crippen molar-refractivity contribution in [3.63, 3.8) is 0 Å². The molecule has 0 fully saturated rings. The van der Waals surface area contributed by atoms with Gasteiger partial charge in [-0.1, -0.05) is 60.7 Å². The van der Waals surface area contributed by atoms with Gasteiger partial charge in [-0.15, -0.1) is 0 Å². The standard InChI is InChI=1S/C17H21NO/c1-14(17(19)16-11-7-4-8-12-16)18(2)13-15-9-5-3-6-10-15/h3-12,14,17,19H,13H2,1-2H3/p+1/t14-,17+/m1/s1. The lowest BCUT2D eigenvalue weighted by Crippen LogP contribution is -3.11. The van der Waals surface area contributed by atoms with Gasteiger partial charge in [-0.25, -0.2) is 0 Å². The molecule has 2 aromatic rings. The number of aliphatic hydroxyl groups is 1. The van der Waals surface area contributed by atoms with Crippen LogP contribution >= 0.6 is 0 Å². The highest BCUT2D eigenvalue weighted by atomic mass is 16.3. The summed E-state index contributed by atoms with van der Waals surface area (Å²) in [6.07, 6.45) is -0.426. The maximum Gasteiger partial charge on any atom is 0.130 e. The second-order valence-electron chi connectivity index (χ2n) is 5.15. The molecule has 2 nitrogen and oxygen atoms in total. The third-order valence-corrected chi connectivity index (χ3v) is 3.72. The Labute approximate surface area is 115 Å². The average molecular weight is 256 g/mol. The van der Waals surface area contributed by atoms with Crippen LogP contribution in [0.15, 0.2) is 60.7 Å². The number of nitrogens with one attached hydrogen (secondary N) is 1. The smallest absolute Gasteiger partial charge is 0.130 e. The third kappa shape index (κ3) is 3.66. The van der Waals surface area contributed by atoms with E-state index in [1.54, 1.807) is 0 Å². The van der Waals surface area contributed by atoms with Crippen LogP contribution in [0.5, 0.6) is 0 Å². The van der Waals surface area contributed by atoms with Gasteiger partial charge in [-0.3, -0.25) is 0 Å². The zero-order valence-corrected chi connectivity index (χ0v) is 11.6. The number of quaternary nitrogens is 1. The van der Waals surface area contributed by atoms with Crippen molar-refractivity contribution in [2.24, 2.45) is 0 Å². The number of hydrogen-bond acceptors (Lipinski definition) is 1. The molecule has 0 spiro atoms. The van der Waals surface area contributed by atoms with Crippen molar-refractivity contribution in [1.29, 1.82) is 0 Å². The summed E-state index contributed by atoms with van der Waals surface area (Å²) in [5.74, 6) is 0. The number of benzene rings is 2. The van der Waals surface area contributed by atoms with Crippen molar-refractivity contribution in [2.75, 3.05) is 7.05 Å². The van der Waals surface area contributed by atoms with Crippen LogP contribution in [0, 0.1) is 0 Å². The molecule has 0 aromatic heterocycles. The first kappa shape index (κ1) is 13.8. The van der Waals surface area contributed by atoms with Crippen molar-refractivity contribution in [2.45, 2.75) is 25.6 Å². The molecule has 0 aliphatic carbocycles. The van der Waals surface area contributed by atoms with Crippen LogP contribution in [0.4, 0.5) is 0 Å². The van der Waals surface area contributed by atoms with Gasteiger partial charge < -0.3 is 10.0 Å². The highest BCUT2D eigenvalue weighted by molar-refractivity contribution is 5.18. The molecule has 3 atom stereocenters. The number of likely N-dealkylation sites (N-methyl/N-ethyl adjacent to an activating group) is 1. The van der Waals surface area contributed by atoms with Crippen LogP contribution in [-0.2, 0) is 6.54 Å². The first-order chi connectivity index (χ1) is 9.18. The van der Waals surface area contributed by atoms with E-state index < -0.39 is 6.10 Å². The molecule has 0 bridgehead atoms. The lowest BCUT2D eigenvalue weighted by molar-refractivity contribution is -0.922. The van der Waals surface area contributed by atoms with Crippen LogP contribution in [0.25, 0.3) is 0 Å². The summed E-state index contributed by atoms with van der Waals surface area (Å²) in [4.78, 5) is 1.31. The lowest BCUT2D eigenvalue weighted by Gasteiger charge is -2.26. The molecule has 100 valence electrons. The number of aliphatic hydroxyl groups excluding tert-OH is 1. The van der Waals surface area contributed by atoms with Gasteiger partial charge in [-0.05, 0) is 12.5 Å². The molecule has 0 aliphatic heterocycles. The van der Waals surface area contributed by atoms with Gasteiger partial charge in [0.15, 0.2) is 0 Å². The molecule has 19 heavy (non-hydrogen) atoms. The normalized spacial score (nSPS) is 15.7. The fourth-order valence-corrected chi connectivity index (χ4v) is 2.29. The van der Waals surface area contributed by atoms with Gasteiger partial charge in [0.2, 0.25) is 0 Å². The first-order valence-electron chi connectivity index (χ1n) is 6.77. The van der Waals surface area contributed by atoms with E-state index >= 15 is 0 Å². The molecule has 2 aromatic carbocycles. The van der Waals surface area contributed by atoms with Crippen molar-refractivity contribution >= 4 is 0 Å². The van der Waals surface area contributed by atoms with E-state index in [9.17, 15) is 5.11 Å². The van der Waals surface area contributed by atoms with E-state index in [1.807, 2.05) is 36.4 Å². The fraction of sp³-hybridized carbons (Fsp3) is 0.294. The molecule has 2 heteroatoms. The predicted octanol–water partition coefficient (Wildman–Crippen LogP) is 1.82. The summed E-state index contributed by atoms with van der Waals surface area (Å²) in [5.41, 5.74) is 2.29. The largest absolute Gasteiger partial charge is 0.382 e. The first-order valence-corrected chi connectivity index (χ1v) is 6.77. The van der Waals surface area contributed by atoms with E-state index in [4.69, 9.17) is 0 Å². The van der Waals surface area contributed by atoms with E-state index in [0.717, 1.165) is 12.1 Å². The lowest BCUT2D eigenvalue weighted by atomic mass is 10.0. The molecule has 2 rings (SSSR count). The van der Waals surface area contributed by atoms with Crippen molar-refractivity contribution < 1.29 is 10.0 Å². The van der Waals surface area contributed by atoms with E-state index in [2.05, 4.69) is 38.2 Å². The highest BCUT2D eigenvalue weighted by Gasteiger charge is 2.23. The Balaban J connectivity index is 2.01. The van der Waals surface area contributed by atoms with Crippen LogP contribution in [-0.4, -0.2) is 18.2 Å². The zero-order valence-electron chi connectivity index (χ0n) is 11.6. The van der Waals surface area contributed by atoms with Crippen LogP contribution in [0.2, 0.25) is 0 Å². The Morgan fingerprint density at radius 3 is 2.05 bits per heavy atom. The van der Waals surface area contributed by atoms with Gasteiger partial charge in [0.05, 0.1) is 7.05 Å². The molecule has 0 heterocycles. The summed E-state index contributed by atoms with van der Waals surface area (Å²) >= 11 is 0. The third-order valence-electron chi connectivity index (χ3n) is 3.72.